The fourth-order valence-corrected chi connectivity index (χ4v) is 2.10. The van der Waals surface area contributed by atoms with Crippen molar-refractivity contribution in [1.82, 2.24) is 0 Å². The molecule has 2 rings (SSSR count). The van der Waals surface area contributed by atoms with Gasteiger partial charge in [0.1, 0.15) is 22.8 Å². The largest absolute Gasteiger partial charge is 0.465 e. The molecule has 24 heavy (non-hydrogen) atoms. The number of fused-ring (bicyclic) bond motifs is 1. The van der Waals surface area contributed by atoms with Gasteiger partial charge in [-0.05, 0) is 0 Å². The average Bonchev–Trinajstić information content (AvgIpc) is 2.57. The molecule has 0 amide bonds. The molecule has 0 saturated heterocycles. The second kappa shape index (κ2) is 6.02. The van der Waals surface area contributed by atoms with E-state index in [-0.39, 0.29) is 0 Å². The third-order valence-electron chi connectivity index (χ3n) is 3.17. The summed E-state index contributed by atoms with van der Waals surface area (Å²) in [6.07, 6.45) is 0. The molecule has 2 aromatic rings. The molecule has 0 bridgehead atoms. The number of halogens is 6. The van der Waals surface area contributed by atoms with E-state index in [0.29, 0.717) is 0 Å². The first-order valence-electron chi connectivity index (χ1n) is 6.02. The molecule has 0 atom stereocenters. The highest BCUT2D eigenvalue weighted by Gasteiger charge is 2.35. The first kappa shape index (κ1) is 17.6. The van der Waals surface area contributed by atoms with Crippen LogP contribution in [0.2, 0.25) is 0 Å². The van der Waals surface area contributed by atoms with E-state index in [1.165, 1.54) is 0 Å². The predicted octanol–water partition coefficient (Wildman–Crippen LogP) is 3.25. The van der Waals surface area contributed by atoms with Crippen molar-refractivity contribution in [3.05, 3.63) is 46.0 Å². The number of hydrogen-bond acceptors (Lipinski definition) is 4. The summed E-state index contributed by atoms with van der Waals surface area (Å²) in [4.78, 5) is 23.2. The van der Waals surface area contributed by atoms with E-state index in [1.807, 2.05) is 0 Å². The first-order chi connectivity index (χ1) is 11.2. The molecule has 0 aromatic heterocycles. The summed E-state index contributed by atoms with van der Waals surface area (Å²) in [5, 5.41) is -3.37. The van der Waals surface area contributed by atoms with Gasteiger partial charge in [-0.15, -0.1) is 0 Å². The number of benzene rings is 2. The van der Waals surface area contributed by atoms with Gasteiger partial charge < -0.3 is 9.47 Å². The average molecular weight is 352 g/mol. The molecule has 0 N–H and O–H groups in total. The van der Waals surface area contributed by atoms with Crippen LogP contribution in [0.4, 0.5) is 26.3 Å². The number of hydrogen-bond donors (Lipinski definition) is 0. The van der Waals surface area contributed by atoms with Crippen molar-refractivity contribution in [2.75, 3.05) is 14.2 Å². The van der Waals surface area contributed by atoms with Gasteiger partial charge in [0.2, 0.25) is 0 Å². The second-order valence-electron chi connectivity index (χ2n) is 4.37. The SMILES string of the molecule is COC(=O)c1c(C(=O)OC)c(F)c2c(F)c(F)c(F)c(F)c2c1F. The lowest BCUT2D eigenvalue weighted by molar-refractivity contribution is 0.0546. The minimum absolute atomic E-state index is 0.729. The minimum Gasteiger partial charge on any atom is -0.465 e. The van der Waals surface area contributed by atoms with Crippen LogP contribution in [0.15, 0.2) is 0 Å². The lowest BCUT2D eigenvalue weighted by Crippen LogP contribution is -2.18. The molecule has 0 heterocycles. The molecule has 0 aliphatic carbocycles. The van der Waals surface area contributed by atoms with Crippen molar-refractivity contribution in [3.8, 4) is 0 Å². The van der Waals surface area contributed by atoms with Gasteiger partial charge in [0.05, 0.1) is 25.0 Å². The zero-order valence-corrected chi connectivity index (χ0v) is 11.9. The van der Waals surface area contributed by atoms with Crippen LogP contribution in [-0.2, 0) is 9.47 Å². The number of rotatable bonds is 2. The van der Waals surface area contributed by atoms with Crippen molar-refractivity contribution in [3.63, 3.8) is 0 Å². The van der Waals surface area contributed by atoms with Crippen molar-refractivity contribution >= 4 is 22.7 Å². The third kappa shape index (κ3) is 2.25. The molecule has 128 valence electrons. The Morgan fingerprint density at radius 1 is 0.583 bits per heavy atom. The molecule has 2 aromatic carbocycles. The molecular formula is C14H6F6O4. The normalized spacial score (nSPS) is 10.8. The van der Waals surface area contributed by atoms with Crippen molar-refractivity contribution < 1.29 is 45.4 Å². The van der Waals surface area contributed by atoms with E-state index in [1.54, 1.807) is 0 Å². The van der Waals surface area contributed by atoms with Crippen LogP contribution in [0, 0.1) is 34.9 Å². The molecular weight excluding hydrogens is 346 g/mol. The van der Waals surface area contributed by atoms with Gasteiger partial charge in [-0.3, -0.25) is 0 Å². The van der Waals surface area contributed by atoms with Gasteiger partial charge in [0.15, 0.2) is 23.3 Å². The molecule has 4 nitrogen and oxygen atoms in total. The summed E-state index contributed by atoms with van der Waals surface area (Å²) >= 11 is 0. The molecule has 0 fully saturated rings. The molecule has 0 aliphatic rings. The van der Waals surface area contributed by atoms with E-state index in [9.17, 15) is 35.9 Å². The quantitative estimate of drug-likeness (QED) is 0.360. The standard InChI is InChI=1S/C14H6F6O4/c1-23-13(21)5-6(14(22)24-2)8(16)4-3(7(5)15)9(17)11(19)12(20)10(4)18/h1-2H3. The Morgan fingerprint density at radius 3 is 1.12 bits per heavy atom. The number of carbonyl (C=O) groups is 2. The number of methoxy groups -OCH3 is 2. The fraction of sp³-hybridized carbons (Fsp3) is 0.143. The lowest BCUT2D eigenvalue weighted by atomic mass is 9.97. The number of carbonyl (C=O) groups excluding carboxylic acids is 2. The highest BCUT2D eigenvalue weighted by molar-refractivity contribution is 6.08. The smallest absolute Gasteiger partial charge is 0.341 e. The highest BCUT2D eigenvalue weighted by Crippen LogP contribution is 2.35. The Hall–Kier alpha value is -2.78. The van der Waals surface area contributed by atoms with E-state index in [0.717, 1.165) is 14.2 Å². The number of esters is 2. The third-order valence-corrected chi connectivity index (χ3v) is 3.17. The van der Waals surface area contributed by atoms with Crippen LogP contribution in [0.3, 0.4) is 0 Å². The fourth-order valence-electron chi connectivity index (χ4n) is 2.10. The molecule has 10 heteroatoms. The molecule has 0 radical (unpaired) electrons. The zero-order chi connectivity index (χ0) is 18.3. The maximum Gasteiger partial charge on any atom is 0.341 e. The van der Waals surface area contributed by atoms with Crippen molar-refractivity contribution in [2.24, 2.45) is 0 Å². The summed E-state index contributed by atoms with van der Waals surface area (Å²) in [7, 11) is 1.46. The van der Waals surface area contributed by atoms with Crippen LogP contribution >= 0.6 is 0 Å². The summed E-state index contributed by atoms with van der Waals surface area (Å²) < 4.78 is 91.3. The first-order valence-corrected chi connectivity index (χ1v) is 6.02. The van der Waals surface area contributed by atoms with Gasteiger partial charge in [-0.2, -0.15) is 0 Å². The second-order valence-corrected chi connectivity index (χ2v) is 4.37. The topological polar surface area (TPSA) is 52.6 Å². The van der Waals surface area contributed by atoms with E-state index < -0.39 is 68.7 Å². The lowest BCUT2D eigenvalue weighted by Gasteiger charge is -2.14. The highest BCUT2D eigenvalue weighted by atomic mass is 19.2. The van der Waals surface area contributed by atoms with Crippen LogP contribution in [-0.4, -0.2) is 26.2 Å². The summed E-state index contributed by atoms with van der Waals surface area (Å²) in [6.45, 7) is 0. The maximum atomic E-state index is 14.4. The van der Waals surface area contributed by atoms with E-state index >= 15 is 0 Å². The molecule has 0 unspecified atom stereocenters. The Labute approximate surface area is 129 Å². The molecule has 0 aliphatic heterocycles. The maximum absolute atomic E-state index is 14.4. The van der Waals surface area contributed by atoms with Gasteiger partial charge in [-0.25, -0.2) is 35.9 Å². The monoisotopic (exact) mass is 352 g/mol. The number of ether oxygens (including phenoxy) is 2. The molecule has 0 saturated carbocycles. The van der Waals surface area contributed by atoms with Gasteiger partial charge in [0, 0.05) is 0 Å². The zero-order valence-electron chi connectivity index (χ0n) is 11.9. The van der Waals surface area contributed by atoms with Crippen LogP contribution in [0.1, 0.15) is 20.7 Å². The molecule has 0 spiro atoms. The van der Waals surface area contributed by atoms with E-state index in [4.69, 9.17) is 0 Å². The van der Waals surface area contributed by atoms with Gasteiger partial charge in [-0.1, -0.05) is 0 Å². The van der Waals surface area contributed by atoms with Crippen molar-refractivity contribution in [2.45, 2.75) is 0 Å². The van der Waals surface area contributed by atoms with Gasteiger partial charge in [0.25, 0.3) is 0 Å². The van der Waals surface area contributed by atoms with Crippen LogP contribution < -0.4 is 0 Å². The van der Waals surface area contributed by atoms with E-state index in [2.05, 4.69) is 9.47 Å². The predicted molar refractivity (Wildman–Crippen MR) is 66.4 cm³/mol. The summed E-state index contributed by atoms with van der Waals surface area (Å²) in [5.41, 5.74) is -2.89. The Balaban J connectivity index is 3.20. The van der Waals surface area contributed by atoms with Crippen LogP contribution in [0.5, 0.6) is 0 Å². The Kier molecular flexibility index (Phi) is 4.41. The summed E-state index contributed by atoms with van der Waals surface area (Å²) in [5.74, 6) is -16.7. The van der Waals surface area contributed by atoms with Crippen molar-refractivity contribution in [1.29, 1.82) is 0 Å². The Morgan fingerprint density at radius 2 is 0.875 bits per heavy atom. The van der Waals surface area contributed by atoms with Crippen LogP contribution in [0.25, 0.3) is 10.8 Å². The summed E-state index contributed by atoms with van der Waals surface area (Å²) in [6, 6.07) is 0. The van der Waals surface area contributed by atoms with Gasteiger partial charge >= 0.3 is 11.9 Å². The minimum atomic E-state index is -2.42. The Bertz CT molecular complexity index is 821.